The highest BCUT2D eigenvalue weighted by Crippen LogP contribution is 2.40. The number of hydrogen-bond donors (Lipinski definition) is 0. The average molecular weight is 130 g/mol. The first-order valence-electron chi connectivity index (χ1n) is 3.35. The molecule has 1 heteroatoms. The smallest absolute Gasteiger partial charge is 0.00831 e. The summed E-state index contributed by atoms with van der Waals surface area (Å²) in [6.45, 7) is 6.93. The normalized spacial score (nSPS) is 37.5. The van der Waals surface area contributed by atoms with Gasteiger partial charge in [0.05, 0.1) is 0 Å². The summed E-state index contributed by atoms with van der Waals surface area (Å²) in [5, 5.41) is 1.92. The number of hydrogen-bond acceptors (Lipinski definition) is 1. The van der Waals surface area contributed by atoms with Gasteiger partial charge in [0.1, 0.15) is 0 Å². The molecular formula is C7H14S. The zero-order chi connectivity index (χ0) is 6.15. The molecule has 0 amide bonds. The van der Waals surface area contributed by atoms with Crippen LogP contribution in [0.1, 0.15) is 27.2 Å². The molecule has 0 nitrogen and oxygen atoms in total. The van der Waals surface area contributed by atoms with Gasteiger partial charge in [0, 0.05) is 10.5 Å². The molecule has 0 N–H and O–H groups in total. The van der Waals surface area contributed by atoms with Crippen LogP contribution in [0.4, 0.5) is 0 Å². The van der Waals surface area contributed by atoms with Crippen molar-refractivity contribution in [1.82, 2.24) is 0 Å². The first-order valence-corrected chi connectivity index (χ1v) is 4.30. The third kappa shape index (κ3) is 1.19. The first kappa shape index (κ1) is 6.47. The van der Waals surface area contributed by atoms with E-state index in [9.17, 15) is 0 Å². The van der Waals surface area contributed by atoms with E-state index in [-0.39, 0.29) is 0 Å². The maximum atomic E-state index is 2.31. The molecule has 0 saturated carbocycles. The fourth-order valence-electron chi connectivity index (χ4n) is 1.04. The molecule has 0 aromatic carbocycles. The highest BCUT2D eigenvalue weighted by Gasteiger charge is 2.27. The Morgan fingerprint density at radius 3 is 2.12 bits per heavy atom. The van der Waals surface area contributed by atoms with Crippen LogP contribution in [-0.4, -0.2) is 10.5 Å². The van der Waals surface area contributed by atoms with Crippen LogP contribution in [0.5, 0.6) is 0 Å². The van der Waals surface area contributed by atoms with Crippen molar-refractivity contribution in [3.63, 3.8) is 0 Å². The fraction of sp³-hybridized carbons (Fsp3) is 1.00. The zero-order valence-corrected chi connectivity index (χ0v) is 6.66. The van der Waals surface area contributed by atoms with Crippen molar-refractivity contribution in [3.05, 3.63) is 0 Å². The molecule has 0 aliphatic carbocycles. The Hall–Kier alpha value is 0.350. The van der Waals surface area contributed by atoms with E-state index in [2.05, 4.69) is 32.5 Å². The van der Waals surface area contributed by atoms with E-state index in [0.29, 0.717) is 0 Å². The molecule has 1 fully saturated rings. The Bertz CT molecular complexity index is 72.5. The molecule has 1 aliphatic rings. The summed E-state index contributed by atoms with van der Waals surface area (Å²) >= 11 is 2.14. The topological polar surface area (TPSA) is 0 Å². The highest BCUT2D eigenvalue weighted by molar-refractivity contribution is 8.01. The van der Waals surface area contributed by atoms with Gasteiger partial charge in [0.25, 0.3) is 0 Å². The van der Waals surface area contributed by atoms with Gasteiger partial charge in [-0.2, -0.15) is 11.8 Å². The molecule has 0 radical (unpaired) electrons. The van der Waals surface area contributed by atoms with E-state index in [0.717, 1.165) is 16.4 Å². The lowest BCUT2D eigenvalue weighted by molar-refractivity contribution is 0.537. The molecule has 48 valence electrons. The van der Waals surface area contributed by atoms with Crippen LogP contribution in [0.25, 0.3) is 0 Å². The summed E-state index contributed by atoms with van der Waals surface area (Å²) < 4.78 is 0. The van der Waals surface area contributed by atoms with E-state index >= 15 is 0 Å². The Morgan fingerprint density at radius 2 is 2.00 bits per heavy atom. The second kappa shape index (κ2) is 2.30. The van der Waals surface area contributed by atoms with Crippen LogP contribution in [0.2, 0.25) is 0 Å². The standard InChI is InChI=1S/C7H14S/c1-5(2)7-4-6(3)8-7/h5-7H,4H2,1-3H3/t6-,7?/m0/s1. The second-order valence-electron chi connectivity index (χ2n) is 2.96. The monoisotopic (exact) mass is 130 g/mol. The maximum Gasteiger partial charge on any atom is 0.00831 e. The number of thioether (sulfide) groups is 1. The summed E-state index contributed by atoms with van der Waals surface area (Å²) in [6.07, 6.45) is 1.45. The van der Waals surface area contributed by atoms with Crippen molar-refractivity contribution in [2.75, 3.05) is 0 Å². The molecule has 1 unspecified atom stereocenters. The summed E-state index contributed by atoms with van der Waals surface area (Å²) in [7, 11) is 0. The molecule has 1 aliphatic heterocycles. The Labute approximate surface area is 56.0 Å². The van der Waals surface area contributed by atoms with Crippen molar-refractivity contribution in [2.45, 2.75) is 37.7 Å². The van der Waals surface area contributed by atoms with Crippen molar-refractivity contribution in [1.29, 1.82) is 0 Å². The summed E-state index contributed by atoms with van der Waals surface area (Å²) in [6, 6.07) is 0. The Kier molecular flexibility index (Phi) is 1.86. The van der Waals surface area contributed by atoms with Crippen molar-refractivity contribution in [3.8, 4) is 0 Å². The second-order valence-corrected chi connectivity index (χ2v) is 4.65. The third-order valence-electron chi connectivity index (χ3n) is 1.71. The first-order chi connectivity index (χ1) is 3.70. The lowest BCUT2D eigenvalue weighted by atomic mass is 10.1. The zero-order valence-electron chi connectivity index (χ0n) is 5.85. The van der Waals surface area contributed by atoms with Gasteiger partial charge in [-0.25, -0.2) is 0 Å². The molecule has 8 heavy (non-hydrogen) atoms. The highest BCUT2D eigenvalue weighted by atomic mass is 32.2. The minimum Gasteiger partial charge on any atom is -0.155 e. The minimum atomic E-state index is 0.899. The summed E-state index contributed by atoms with van der Waals surface area (Å²) in [4.78, 5) is 0. The van der Waals surface area contributed by atoms with Gasteiger partial charge >= 0.3 is 0 Å². The van der Waals surface area contributed by atoms with Gasteiger partial charge in [-0.15, -0.1) is 0 Å². The van der Waals surface area contributed by atoms with Crippen LogP contribution in [0.15, 0.2) is 0 Å². The van der Waals surface area contributed by atoms with Crippen LogP contribution in [0, 0.1) is 5.92 Å². The van der Waals surface area contributed by atoms with Gasteiger partial charge in [-0.1, -0.05) is 20.8 Å². The van der Waals surface area contributed by atoms with Gasteiger partial charge < -0.3 is 0 Å². The Balaban J connectivity index is 2.15. The van der Waals surface area contributed by atoms with Crippen LogP contribution < -0.4 is 0 Å². The Morgan fingerprint density at radius 1 is 1.50 bits per heavy atom. The maximum absolute atomic E-state index is 2.31. The van der Waals surface area contributed by atoms with Crippen LogP contribution in [0.3, 0.4) is 0 Å². The molecule has 1 heterocycles. The SMILES string of the molecule is CC(C)C1C[C@H](C)S1. The van der Waals surface area contributed by atoms with Gasteiger partial charge in [-0.05, 0) is 12.3 Å². The molecule has 0 aromatic rings. The van der Waals surface area contributed by atoms with Crippen molar-refractivity contribution >= 4 is 11.8 Å². The van der Waals surface area contributed by atoms with E-state index < -0.39 is 0 Å². The number of rotatable bonds is 1. The lowest BCUT2D eigenvalue weighted by Crippen LogP contribution is -2.28. The van der Waals surface area contributed by atoms with Crippen molar-refractivity contribution < 1.29 is 0 Å². The molecular weight excluding hydrogens is 116 g/mol. The largest absolute Gasteiger partial charge is 0.155 e. The third-order valence-corrected chi connectivity index (χ3v) is 3.46. The summed E-state index contributed by atoms with van der Waals surface area (Å²) in [5.74, 6) is 0.899. The summed E-state index contributed by atoms with van der Waals surface area (Å²) in [5.41, 5.74) is 0. The van der Waals surface area contributed by atoms with E-state index in [1.54, 1.807) is 0 Å². The van der Waals surface area contributed by atoms with E-state index in [4.69, 9.17) is 0 Å². The predicted octanol–water partition coefficient (Wildman–Crippen LogP) is 2.54. The van der Waals surface area contributed by atoms with E-state index in [1.165, 1.54) is 6.42 Å². The molecule has 1 rings (SSSR count). The van der Waals surface area contributed by atoms with Crippen molar-refractivity contribution in [2.24, 2.45) is 5.92 Å². The van der Waals surface area contributed by atoms with Gasteiger partial charge in [0.15, 0.2) is 0 Å². The molecule has 1 saturated heterocycles. The van der Waals surface area contributed by atoms with Gasteiger partial charge in [0.2, 0.25) is 0 Å². The van der Waals surface area contributed by atoms with E-state index in [1.807, 2.05) is 0 Å². The molecule has 0 bridgehead atoms. The quantitative estimate of drug-likeness (QED) is 0.525. The van der Waals surface area contributed by atoms with Gasteiger partial charge in [-0.3, -0.25) is 0 Å². The van der Waals surface area contributed by atoms with Crippen LogP contribution in [-0.2, 0) is 0 Å². The lowest BCUT2D eigenvalue weighted by Gasteiger charge is -2.34. The minimum absolute atomic E-state index is 0.899. The predicted molar refractivity (Wildman–Crippen MR) is 40.3 cm³/mol. The average Bonchev–Trinajstić information content (AvgIpc) is 1.57. The molecule has 0 spiro atoms. The van der Waals surface area contributed by atoms with Crippen LogP contribution >= 0.6 is 11.8 Å². The molecule has 0 aromatic heterocycles. The molecule has 2 atom stereocenters. The fourth-order valence-corrected chi connectivity index (χ4v) is 2.31.